The first-order valence-corrected chi connectivity index (χ1v) is 12.0. The second kappa shape index (κ2) is 10.1. The Kier molecular flexibility index (Phi) is 7.20. The van der Waals surface area contributed by atoms with Crippen molar-refractivity contribution in [1.29, 1.82) is 0 Å². The molecule has 1 saturated heterocycles. The van der Waals surface area contributed by atoms with Crippen molar-refractivity contribution in [2.24, 2.45) is 4.99 Å². The van der Waals surface area contributed by atoms with Gasteiger partial charge in [-0.15, -0.1) is 0 Å². The number of aromatic nitrogens is 2. The third kappa shape index (κ3) is 5.02. The molecule has 9 heteroatoms. The van der Waals surface area contributed by atoms with Crippen LogP contribution in [0.1, 0.15) is 19.4 Å². The van der Waals surface area contributed by atoms with Crippen LogP contribution in [0.4, 0.5) is 5.69 Å². The van der Waals surface area contributed by atoms with Crippen LogP contribution in [0.15, 0.2) is 52.6 Å². The largest absolute Gasteiger partial charge is 0.329 e. The molecule has 1 aliphatic heterocycles. The maximum absolute atomic E-state index is 12.5. The number of hydrogen-bond acceptors (Lipinski definition) is 5. The summed E-state index contributed by atoms with van der Waals surface area (Å²) in [6.07, 6.45) is 3.73. The van der Waals surface area contributed by atoms with Crippen molar-refractivity contribution in [1.82, 2.24) is 19.8 Å². The third-order valence-corrected chi connectivity index (χ3v) is 6.82. The number of amidine groups is 1. The Morgan fingerprint density at radius 1 is 1.19 bits per heavy atom. The Bertz CT molecular complexity index is 1200. The van der Waals surface area contributed by atoms with Crippen LogP contribution in [0.5, 0.6) is 0 Å². The molecule has 1 fully saturated rings. The van der Waals surface area contributed by atoms with Crippen LogP contribution < -0.4 is 5.32 Å². The monoisotopic (exact) mass is 487 g/mol. The summed E-state index contributed by atoms with van der Waals surface area (Å²) in [4.78, 5) is 24.4. The molecule has 0 aliphatic carbocycles. The molecule has 2 heterocycles. The third-order valence-electron chi connectivity index (χ3n) is 5.30. The molecule has 6 nitrogen and oxygen atoms in total. The smallest absolute Gasteiger partial charge is 0.264 e. The van der Waals surface area contributed by atoms with Gasteiger partial charge in [-0.1, -0.05) is 49.2 Å². The van der Waals surface area contributed by atoms with Gasteiger partial charge in [-0.25, -0.2) is 9.98 Å². The van der Waals surface area contributed by atoms with Gasteiger partial charge >= 0.3 is 0 Å². The molecule has 1 N–H and O–H groups in total. The Balaban J connectivity index is 1.57. The van der Waals surface area contributed by atoms with Crippen LogP contribution in [0, 0.1) is 0 Å². The zero-order valence-electron chi connectivity index (χ0n) is 17.8. The summed E-state index contributed by atoms with van der Waals surface area (Å²) < 4.78 is 2.16. The van der Waals surface area contributed by atoms with Gasteiger partial charge in [-0.2, -0.15) is 0 Å². The number of nitrogens with zero attached hydrogens (tertiary/aromatic N) is 4. The van der Waals surface area contributed by atoms with Gasteiger partial charge in [0.15, 0.2) is 5.17 Å². The van der Waals surface area contributed by atoms with E-state index < -0.39 is 0 Å². The van der Waals surface area contributed by atoms with Crippen LogP contribution in [-0.4, -0.2) is 45.2 Å². The Morgan fingerprint density at radius 3 is 2.66 bits per heavy atom. The lowest BCUT2D eigenvalue weighted by Crippen LogP contribution is -2.26. The number of nitrogens with one attached hydrogen (secondary N) is 1. The molecule has 1 aromatic heterocycles. The van der Waals surface area contributed by atoms with Crippen molar-refractivity contribution in [3.8, 4) is 0 Å². The summed E-state index contributed by atoms with van der Waals surface area (Å²) in [5.74, 6) is -0.202. The lowest BCUT2D eigenvalue weighted by Gasteiger charge is -2.18. The fourth-order valence-electron chi connectivity index (χ4n) is 3.46. The van der Waals surface area contributed by atoms with Gasteiger partial charge in [0.1, 0.15) is 5.69 Å². The van der Waals surface area contributed by atoms with Crippen molar-refractivity contribution >= 4 is 68.8 Å². The molecule has 32 heavy (non-hydrogen) atoms. The molecule has 0 unspecified atom stereocenters. The highest BCUT2D eigenvalue weighted by Crippen LogP contribution is 2.35. The molecule has 166 valence electrons. The number of aliphatic imine (C=N–C) groups is 1. The summed E-state index contributed by atoms with van der Waals surface area (Å²) in [7, 11) is 0. The normalized spacial score (nSPS) is 16.6. The average molecular weight is 488 g/mol. The highest BCUT2D eigenvalue weighted by Gasteiger charge is 2.24. The maximum Gasteiger partial charge on any atom is 0.264 e. The highest BCUT2D eigenvalue weighted by molar-refractivity contribution is 8.18. The van der Waals surface area contributed by atoms with E-state index in [1.807, 2.05) is 24.5 Å². The second-order valence-corrected chi connectivity index (χ2v) is 9.11. The SMILES string of the molecule is CCN(CC)CCn1cnc2ccc(/C=C3\SC(=Nc4c(Cl)cccc4Cl)NC3=O)cc21. The Hall–Kier alpha value is -2.32. The van der Waals surface area contributed by atoms with E-state index in [1.165, 1.54) is 11.8 Å². The number of amides is 1. The van der Waals surface area contributed by atoms with Gasteiger partial charge in [0, 0.05) is 13.1 Å². The minimum Gasteiger partial charge on any atom is -0.329 e. The van der Waals surface area contributed by atoms with E-state index in [0.29, 0.717) is 25.8 Å². The Morgan fingerprint density at radius 2 is 1.94 bits per heavy atom. The van der Waals surface area contributed by atoms with E-state index >= 15 is 0 Å². The number of carbonyl (C=O) groups is 1. The summed E-state index contributed by atoms with van der Waals surface area (Å²) in [6.45, 7) is 8.21. The average Bonchev–Trinajstić information content (AvgIpc) is 3.34. The maximum atomic E-state index is 12.5. The van der Waals surface area contributed by atoms with Gasteiger partial charge in [0.05, 0.1) is 32.3 Å². The first-order valence-electron chi connectivity index (χ1n) is 10.4. The molecule has 2 aromatic carbocycles. The molecule has 3 aromatic rings. The first-order chi connectivity index (χ1) is 15.5. The number of thioether (sulfide) groups is 1. The van der Waals surface area contributed by atoms with Gasteiger partial charge in [-0.3, -0.25) is 4.79 Å². The Labute approximate surface area is 201 Å². The van der Waals surface area contributed by atoms with E-state index in [2.05, 4.69) is 44.7 Å². The predicted octanol–water partition coefficient (Wildman–Crippen LogP) is 5.58. The molecule has 1 amide bonds. The van der Waals surface area contributed by atoms with Gasteiger partial charge in [-0.05, 0) is 60.8 Å². The van der Waals surface area contributed by atoms with E-state index in [0.717, 1.165) is 42.8 Å². The lowest BCUT2D eigenvalue weighted by molar-refractivity contribution is -0.115. The summed E-state index contributed by atoms with van der Waals surface area (Å²) in [5, 5.41) is 4.09. The van der Waals surface area contributed by atoms with Gasteiger partial charge in [0.2, 0.25) is 0 Å². The van der Waals surface area contributed by atoms with Crippen LogP contribution in [0.3, 0.4) is 0 Å². The van der Waals surface area contributed by atoms with Crippen LogP contribution in [-0.2, 0) is 11.3 Å². The molecule has 0 radical (unpaired) electrons. The topological polar surface area (TPSA) is 62.5 Å². The summed E-state index contributed by atoms with van der Waals surface area (Å²) >= 11 is 13.7. The standard InChI is InChI=1S/C23H23Cl2N5OS/c1-3-29(4-2)10-11-30-14-26-18-9-8-15(12-19(18)30)13-20-22(31)28-23(32-20)27-21-16(24)6-5-7-17(21)25/h5-9,12-14H,3-4,10-11H2,1-2H3,(H,27,28,31)/b20-13-. The molecule has 0 saturated carbocycles. The summed E-state index contributed by atoms with van der Waals surface area (Å²) in [5.41, 5.74) is 3.35. The van der Waals surface area contributed by atoms with Crippen molar-refractivity contribution < 1.29 is 4.79 Å². The van der Waals surface area contributed by atoms with Crippen molar-refractivity contribution in [3.63, 3.8) is 0 Å². The number of benzene rings is 2. The minimum absolute atomic E-state index is 0.202. The number of fused-ring (bicyclic) bond motifs is 1. The van der Waals surface area contributed by atoms with E-state index in [-0.39, 0.29) is 5.91 Å². The van der Waals surface area contributed by atoms with Crippen molar-refractivity contribution in [2.45, 2.75) is 20.4 Å². The number of halogens is 2. The summed E-state index contributed by atoms with van der Waals surface area (Å²) in [6, 6.07) is 11.2. The molecule has 4 rings (SSSR count). The molecular weight excluding hydrogens is 465 g/mol. The fourth-order valence-corrected chi connectivity index (χ4v) is 4.77. The molecule has 0 bridgehead atoms. The van der Waals surface area contributed by atoms with Crippen LogP contribution in [0.2, 0.25) is 10.0 Å². The van der Waals surface area contributed by atoms with Crippen molar-refractivity contribution in [3.05, 3.63) is 63.2 Å². The van der Waals surface area contributed by atoms with E-state index in [4.69, 9.17) is 23.2 Å². The highest BCUT2D eigenvalue weighted by atomic mass is 35.5. The number of carbonyl (C=O) groups excluding carboxylic acids is 1. The molecule has 0 spiro atoms. The second-order valence-electron chi connectivity index (χ2n) is 7.26. The number of imidazole rings is 1. The molecule has 1 aliphatic rings. The quantitative estimate of drug-likeness (QED) is 0.442. The predicted molar refractivity (Wildman–Crippen MR) is 135 cm³/mol. The number of likely N-dealkylation sites (N-methyl/N-ethyl adjacent to an activating group) is 1. The zero-order chi connectivity index (χ0) is 22.7. The van der Waals surface area contributed by atoms with Crippen LogP contribution >= 0.6 is 35.0 Å². The fraction of sp³-hybridized carbons (Fsp3) is 0.261. The van der Waals surface area contributed by atoms with E-state index in [9.17, 15) is 4.79 Å². The molecule has 0 atom stereocenters. The lowest BCUT2D eigenvalue weighted by atomic mass is 10.2. The van der Waals surface area contributed by atoms with E-state index in [1.54, 1.807) is 18.2 Å². The zero-order valence-corrected chi connectivity index (χ0v) is 20.1. The van der Waals surface area contributed by atoms with Gasteiger partial charge < -0.3 is 14.8 Å². The molecular formula is C23H23Cl2N5OS. The number of rotatable bonds is 7. The first kappa shape index (κ1) is 22.9. The number of para-hydroxylation sites is 1. The van der Waals surface area contributed by atoms with Gasteiger partial charge in [0.25, 0.3) is 5.91 Å². The number of hydrogen-bond donors (Lipinski definition) is 1. The van der Waals surface area contributed by atoms with Crippen molar-refractivity contribution in [2.75, 3.05) is 19.6 Å². The minimum atomic E-state index is -0.202. The van der Waals surface area contributed by atoms with Crippen LogP contribution in [0.25, 0.3) is 17.1 Å².